The third-order valence-corrected chi connectivity index (χ3v) is 2.32. The van der Waals surface area contributed by atoms with E-state index >= 15 is 0 Å². The van der Waals surface area contributed by atoms with Gasteiger partial charge in [0, 0.05) is 39.0 Å². The van der Waals surface area contributed by atoms with Gasteiger partial charge in [0.2, 0.25) is 11.8 Å². The second-order valence-corrected chi connectivity index (χ2v) is 3.75. The highest BCUT2D eigenvalue weighted by Gasteiger charge is 2.19. The van der Waals surface area contributed by atoms with Crippen LogP contribution in [0.5, 0.6) is 0 Å². The van der Waals surface area contributed by atoms with Crippen molar-refractivity contribution >= 4 is 11.8 Å². The zero-order valence-electron chi connectivity index (χ0n) is 9.14. The lowest BCUT2D eigenvalue weighted by molar-refractivity contribution is -0.122. The number of carbonyl (C=O) groups excluding carboxylic acids is 2. The van der Waals surface area contributed by atoms with Gasteiger partial charge in [-0.3, -0.25) is 9.59 Å². The molecule has 1 aliphatic rings. The van der Waals surface area contributed by atoms with Gasteiger partial charge in [-0.1, -0.05) is 0 Å². The van der Waals surface area contributed by atoms with Gasteiger partial charge in [0.25, 0.3) is 0 Å². The summed E-state index contributed by atoms with van der Waals surface area (Å²) >= 11 is 0. The maximum atomic E-state index is 11.2. The van der Waals surface area contributed by atoms with Gasteiger partial charge in [0.15, 0.2) is 0 Å². The fourth-order valence-corrected chi connectivity index (χ4v) is 1.21. The van der Waals surface area contributed by atoms with E-state index in [4.69, 9.17) is 0 Å². The molecule has 2 amide bonds. The first-order valence-corrected chi connectivity index (χ1v) is 5.43. The van der Waals surface area contributed by atoms with E-state index in [1.54, 1.807) is 7.05 Å². The molecule has 1 aliphatic carbocycles. The van der Waals surface area contributed by atoms with E-state index in [0.29, 0.717) is 25.4 Å². The molecule has 86 valence electrons. The van der Waals surface area contributed by atoms with Crippen LogP contribution in [-0.2, 0) is 9.59 Å². The molecule has 5 heteroatoms. The first-order chi connectivity index (χ1) is 7.22. The SMILES string of the molecule is CNC(=O)CCNC(=O)CCNC1CC1. The van der Waals surface area contributed by atoms with Crippen LogP contribution in [-0.4, -0.2) is 38.0 Å². The Balaban J connectivity index is 1.90. The Kier molecular flexibility index (Phi) is 5.10. The number of hydrogen-bond donors (Lipinski definition) is 3. The van der Waals surface area contributed by atoms with Gasteiger partial charge in [-0.15, -0.1) is 0 Å². The van der Waals surface area contributed by atoms with Crippen LogP contribution in [0.3, 0.4) is 0 Å². The van der Waals surface area contributed by atoms with Gasteiger partial charge in [0.1, 0.15) is 0 Å². The molecule has 0 unspecified atom stereocenters. The molecule has 1 fully saturated rings. The van der Waals surface area contributed by atoms with Crippen molar-refractivity contribution in [2.24, 2.45) is 0 Å². The maximum Gasteiger partial charge on any atom is 0.221 e. The first kappa shape index (κ1) is 12.0. The topological polar surface area (TPSA) is 70.2 Å². The Bertz CT molecular complexity index is 227. The molecule has 0 atom stereocenters. The van der Waals surface area contributed by atoms with Crippen LogP contribution in [0.15, 0.2) is 0 Å². The predicted molar refractivity (Wildman–Crippen MR) is 57.3 cm³/mol. The van der Waals surface area contributed by atoms with Gasteiger partial charge in [-0.25, -0.2) is 0 Å². The van der Waals surface area contributed by atoms with E-state index in [1.165, 1.54) is 12.8 Å². The molecule has 0 bridgehead atoms. The molecule has 15 heavy (non-hydrogen) atoms. The molecule has 3 N–H and O–H groups in total. The minimum atomic E-state index is -0.0496. The molecule has 5 nitrogen and oxygen atoms in total. The summed E-state index contributed by atoms with van der Waals surface area (Å²) in [7, 11) is 1.59. The van der Waals surface area contributed by atoms with Crippen LogP contribution in [0.1, 0.15) is 25.7 Å². The molecule has 1 saturated carbocycles. The van der Waals surface area contributed by atoms with E-state index in [9.17, 15) is 9.59 Å². The lowest BCUT2D eigenvalue weighted by Gasteiger charge is -2.05. The average molecular weight is 213 g/mol. The second kappa shape index (κ2) is 6.40. The number of hydrogen-bond acceptors (Lipinski definition) is 3. The molecule has 0 aromatic carbocycles. The van der Waals surface area contributed by atoms with Crippen LogP contribution < -0.4 is 16.0 Å². The van der Waals surface area contributed by atoms with Crippen molar-refractivity contribution < 1.29 is 9.59 Å². The van der Waals surface area contributed by atoms with Crippen molar-refractivity contribution in [3.8, 4) is 0 Å². The van der Waals surface area contributed by atoms with Gasteiger partial charge in [0.05, 0.1) is 0 Å². The van der Waals surface area contributed by atoms with Gasteiger partial charge in [-0.05, 0) is 12.8 Å². The first-order valence-electron chi connectivity index (χ1n) is 5.43. The van der Waals surface area contributed by atoms with Crippen LogP contribution in [0, 0.1) is 0 Å². The Labute approximate surface area is 90.0 Å². The summed E-state index contributed by atoms with van der Waals surface area (Å²) in [6, 6.07) is 0.642. The summed E-state index contributed by atoms with van der Waals surface area (Å²) in [6.45, 7) is 1.15. The molecule has 0 heterocycles. The zero-order chi connectivity index (χ0) is 11.1. The molecule has 0 saturated heterocycles. The lowest BCUT2D eigenvalue weighted by Crippen LogP contribution is -2.31. The third kappa shape index (κ3) is 6.06. The summed E-state index contributed by atoms with van der Waals surface area (Å²) in [5.41, 5.74) is 0. The fourth-order valence-electron chi connectivity index (χ4n) is 1.21. The van der Waals surface area contributed by atoms with E-state index in [0.717, 1.165) is 6.54 Å². The van der Waals surface area contributed by atoms with Crippen molar-refractivity contribution in [1.82, 2.24) is 16.0 Å². The van der Waals surface area contributed by atoms with Gasteiger partial charge < -0.3 is 16.0 Å². The van der Waals surface area contributed by atoms with E-state index < -0.39 is 0 Å². The quantitative estimate of drug-likeness (QED) is 0.528. The number of nitrogens with one attached hydrogen (secondary N) is 3. The van der Waals surface area contributed by atoms with E-state index in [1.807, 2.05) is 0 Å². The predicted octanol–water partition coefficient (Wildman–Crippen LogP) is -0.619. The summed E-state index contributed by atoms with van der Waals surface area (Å²) in [4.78, 5) is 22.1. The molecule has 0 aliphatic heterocycles. The molecule has 0 spiro atoms. The maximum absolute atomic E-state index is 11.2. The van der Waals surface area contributed by atoms with Crippen LogP contribution in [0.25, 0.3) is 0 Å². The van der Waals surface area contributed by atoms with Gasteiger partial charge in [-0.2, -0.15) is 0 Å². The Morgan fingerprint density at radius 1 is 1.13 bits per heavy atom. The normalized spacial score (nSPS) is 14.7. The minimum Gasteiger partial charge on any atom is -0.359 e. The summed E-state index contributed by atoms with van der Waals surface area (Å²) in [5.74, 6) is -0.0431. The Hall–Kier alpha value is -1.10. The third-order valence-electron chi connectivity index (χ3n) is 2.32. The number of carbonyl (C=O) groups is 2. The van der Waals surface area contributed by atoms with Gasteiger partial charge >= 0.3 is 0 Å². The van der Waals surface area contributed by atoms with Crippen molar-refractivity contribution in [3.05, 3.63) is 0 Å². The van der Waals surface area contributed by atoms with E-state index in [-0.39, 0.29) is 11.8 Å². The summed E-state index contributed by atoms with van der Waals surface area (Å²) < 4.78 is 0. The molecule has 0 aromatic rings. The molecule has 0 aromatic heterocycles. The monoisotopic (exact) mass is 213 g/mol. The van der Waals surface area contributed by atoms with Crippen LogP contribution in [0.4, 0.5) is 0 Å². The van der Waals surface area contributed by atoms with Crippen LogP contribution >= 0.6 is 0 Å². The van der Waals surface area contributed by atoms with E-state index in [2.05, 4.69) is 16.0 Å². The Morgan fingerprint density at radius 2 is 1.80 bits per heavy atom. The average Bonchev–Trinajstić information content (AvgIpc) is 3.01. The van der Waals surface area contributed by atoms with Crippen molar-refractivity contribution in [2.45, 2.75) is 31.7 Å². The summed E-state index contributed by atoms with van der Waals surface area (Å²) in [6.07, 6.45) is 3.30. The smallest absolute Gasteiger partial charge is 0.221 e. The fraction of sp³-hybridized carbons (Fsp3) is 0.800. The standard InChI is InChI=1S/C10H19N3O2/c1-11-9(14)4-7-13-10(15)5-6-12-8-2-3-8/h8,12H,2-7H2,1H3,(H,11,14)(H,13,15). The largest absolute Gasteiger partial charge is 0.359 e. The molecular weight excluding hydrogens is 194 g/mol. The molecule has 0 radical (unpaired) electrons. The highest BCUT2D eigenvalue weighted by molar-refractivity contribution is 5.78. The molecule has 1 rings (SSSR count). The number of rotatable bonds is 7. The minimum absolute atomic E-state index is 0.00653. The van der Waals surface area contributed by atoms with Crippen molar-refractivity contribution in [1.29, 1.82) is 0 Å². The second-order valence-electron chi connectivity index (χ2n) is 3.75. The lowest BCUT2D eigenvalue weighted by atomic mass is 10.3. The zero-order valence-corrected chi connectivity index (χ0v) is 9.14. The van der Waals surface area contributed by atoms with Crippen molar-refractivity contribution in [3.63, 3.8) is 0 Å². The van der Waals surface area contributed by atoms with Crippen LogP contribution in [0.2, 0.25) is 0 Å². The number of amides is 2. The summed E-state index contributed by atoms with van der Waals surface area (Å²) in [5, 5.41) is 8.46. The molecular formula is C10H19N3O2. The highest BCUT2D eigenvalue weighted by Crippen LogP contribution is 2.18. The highest BCUT2D eigenvalue weighted by atomic mass is 16.2. The Morgan fingerprint density at radius 3 is 2.40 bits per heavy atom. The van der Waals surface area contributed by atoms with Crippen molar-refractivity contribution in [2.75, 3.05) is 20.1 Å².